The quantitative estimate of drug-likeness (QED) is 0.488. The Kier molecular flexibility index (Phi) is 6.63. The van der Waals surface area contributed by atoms with E-state index in [4.69, 9.17) is 11.6 Å². The summed E-state index contributed by atoms with van der Waals surface area (Å²) in [5.41, 5.74) is 1.17. The van der Waals surface area contributed by atoms with Crippen LogP contribution in [0.4, 0.5) is 5.69 Å². The van der Waals surface area contributed by atoms with Gasteiger partial charge in [0.1, 0.15) is 6.04 Å². The molecule has 2 amide bonds. The molecule has 5 rings (SSSR count). The molecule has 3 aliphatic rings. The number of thioether (sulfide) groups is 1. The van der Waals surface area contributed by atoms with E-state index in [1.165, 1.54) is 21.6 Å². The summed E-state index contributed by atoms with van der Waals surface area (Å²) < 4.78 is -1.60. The average molecular weight is 541 g/mol. The third kappa shape index (κ3) is 3.80. The molecule has 3 saturated heterocycles. The van der Waals surface area contributed by atoms with E-state index in [1.54, 1.807) is 42.5 Å². The molecule has 0 radical (unpaired) electrons. The normalized spacial score (nSPS) is 30.7. The van der Waals surface area contributed by atoms with Gasteiger partial charge in [0.05, 0.1) is 39.9 Å². The number of nitrogens with zero attached hydrogens (tertiary/aromatic N) is 2. The van der Waals surface area contributed by atoms with E-state index in [2.05, 4.69) is 6.58 Å². The van der Waals surface area contributed by atoms with E-state index >= 15 is 0 Å². The van der Waals surface area contributed by atoms with Crippen molar-refractivity contribution in [2.24, 2.45) is 11.8 Å². The predicted molar refractivity (Wildman–Crippen MR) is 143 cm³/mol. The number of rotatable bonds is 8. The standard InChI is InChI=1S/C28H29ClN2O5S/c1-3-15-30(19-12-8-7-11-18(19)29)25(34)23-28-14-13-27(2,37-28)22(26(35)36)21(28)24(33)31(23)20(16-32)17-9-5-4-6-10-17/h3-12,20-23,32H,1,13-16H2,2H3,(H,35,36)/t20-,21+,22+,23?,27-,28?/m1/s1. The van der Waals surface area contributed by atoms with Gasteiger partial charge in [-0.3, -0.25) is 14.4 Å². The van der Waals surface area contributed by atoms with Gasteiger partial charge in [0.2, 0.25) is 5.91 Å². The summed E-state index contributed by atoms with van der Waals surface area (Å²) in [4.78, 5) is 44.3. The van der Waals surface area contributed by atoms with Gasteiger partial charge in [-0.2, -0.15) is 0 Å². The molecule has 194 valence electrons. The Labute approximate surface area is 225 Å². The molecule has 2 aromatic rings. The fraction of sp³-hybridized carbons (Fsp3) is 0.393. The molecule has 0 aliphatic carbocycles. The fourth-order valence-corrected chi connectivity index (χ4v) is 9.21. The van der Waals surface area contributed by atoms with Crippen LogP contribution in [0.2, 0.25) is 5.02 Å². The average Bonchev–Trinajstić information content (AvgIpc) is 3.45. The van der Waals surface area contributed by atoms with E-state index in [0.29, 0.717) is 29.1 Å². The summed E-state index contributed by atoms with van der Waals surface area (Å²) in [5, 5.41) is 21.1. The number of carboxylic acids is 1. The zero-order valence-electron chi connectivity index (χ0n) is 20.4. The molecule has 6 atom stereocenters. The number of carbonyl (C=O) groups excluding carboxylic acids is 2. The second-order valence-electron chi connectivity index (χ2n) is 10.1. The van der Waals surface area contributed by atoms with E-state index in [9.17, 15) is 24.6 Å². The first-order valence-corrected chi connectivity index (χ1v) is 13.5. The number of aliphatic carboxylic acids is 1. The van der Waals surface area contributed by atoms with Crippen LogP contribution in [0, 0.1) is 11.8 Å². The highest BCUT2D eigenvalue weighted by atomic mass is 35.5. The summed E-state index contributed by atoms with van der Waals surface area (Å²) in [6, 6.07) is 14.2. The third-order valence-corrected chi connectivity index (χ3v) is 10.4. The maximum absolute atomic E-state index is 14.6. The van der Waals surface area contributed by atoms with E-state index in [1.807, 2.05) is 25.1 Å². The Bertz CT molecular complexity index is 1260. The van der Waals surface area contributed by atoms with Gasteiger partial charge in [0, 0.05) is 11.3 Å². The number of amides is 2. The van der Waals surface area contributed by atoms with Gasteiger partial charge in [0.25, 0.3) is 5.91 Å². The lowest BCUT2D eigenvalue weighted by Crippen LogP contribution is -2.56. The Morgan fingerprint density at radius 3 is 2.51 bits per heavy atom. The first kappa shape index (κ1) is 25.8. The van der Waals surface area contributed by atoms with Gasteiger partial charge in [-0.15, -0.1) is 18.3 Å². The van der Waals surface area contributed by atoms with Crippen LogP contribution < -0.4 is 4.90 Å². The van der Waals surface area contributed by atoms with Crippen molar-refractivity contribution in [1.29, 1.82) is 0 Å². The molecule has 2 N–H and O–H groups in total. The van der Waals surface area contributed by atoms with E-state index < -0.39 is 51.9 Å². The molecular weight excluding hydrogens is 512 g/mol. The topological polar surface area (TPSA) is 98.2 Å². The lowest BCUT2D eigenvalue weighted by molar-refractivity contribution is -0.150. The lowest BCUT2D eigenvalue weighted by atomic mass is 9.66. The van der Waals surface area contributed by atoms with Crippen molar-refractivity contribution in [2.75, 3.05) is 18.1 Å². The molecule has 3 heterocycles. The van der Waals surface area contributed by atoms with Crippen LogP contribution in [0.15, 0.2) is 67.3 Å². The summed E-state index contributed by atoms with van der Waals surface area (Å²) in [6.45, 7) is 5.45. The maximum atomic E-state index is 14.6. The van der Waals surface area contributed by atoms with Gasteiger partial charge in [-0.05, 0) is 37.5 Å². The maximum Gasteiger partial charge on any atom is 0.308 e. The molecule has 1 spiro atoms. The van der Waals surface area contributed by atoms with Gasteiger partial charge in [0.15, 0.2) is 0 Å². The van der Waals surface area contributed by atoms with Crippen LogP contribution >= 0.6 is 23.4 Å². The summed E-state index contributed by atoms with van der Waals surface area (Å²) >= 11 is 7.96. The zero-order chi connectivity index (χ0) is 26.5. The number of hydrogen-bond acceptors (Lipinski definition) is 5. The summed E-state index contributed by atoms with van der Waals surface area (Å²) in [6.07, 6.45) is 2.70. The van der Waals surface area contributed by atoms with Gasteiger partial charge >= 0.3 is 5.97 Å². The highest BCUT2D eigenvalue weighted by molar-refractivity contribution is 8.02. The predicted octanol–water partition coefficient (Wildman–Crippen LogP) is 4.16. The molecule has 9 heteroatoms. The van der Waals surface area contributed by atoms with Crippen molar-refractivity contribution in [3.05, 3.63) is 77.8 Å². The SMILES string of the molecule is C=CCN(C(=O)C1N([C@H](CO)c2ccccc2)C(=O)[C@@H]2[C@@H](C(=O)O)[C@@]3(C)CCC12S3)c1ccccc1Cl. The summed E-state index contributed by atoms with van der Waals surface area (Å²) in [7, 11) is 0. The van der Waals surface area contributed by atoms with Crippen molar-refractivity contribution in [2.45, 2.75) is 41.3 Å². The number of carboxylic acid groups (broad SMARTS) is 1. The molecule has 7 nitrogen and oxygen atoms in total. The number of hydrogen-bond donors (Lipinski definition) is 2. The van der Waals surface area contributed by atoms with E-state index in [-0.39, 0.29) is 12.5 Å². The van der Waals surface area contributed by atoms with Crippen LogP contribution in [0.25, 0.3) is 0 Å². The Balaban J connectivity index is 1.69. The molecule has 0 saturated carbocycles. The minimum Gasteiger partial charge on any atom is -0.481 e. The van der Waals surface area contributed by atoms with Crippen molar-refractivity contribution in [3.63, 3.8) is 0 Å². The third-order valence-electron chi connectivity index (χ3n) is 8.13. The van der Waals surface area contributed by atoms with Crippen LogP contribution in [-0.4, -0.2) is 61.6 Å². The Morgan fingerprint density at radius 2 is 1.89 bits per heavy atom. The van der Waals surface area contributed by atoms with Crippen LogP contribution in [-0.2, 0) is 14.4 Å². The van der Waals surface area contributed by atoms with Gasteiger partial charge in [-0.1, -0.05) is 60.1 Å². The van der Waals surface area contributed by atoms with E-state index in [0.717, 1.165) is 0 Å². The first-order valence-electron chi connectivity index (χ1n) is 12.3. The molecular formula is C28H29ClN2O5S. The number of para-hydroxylation sites is 1. The number of aliphatic hydroxyl groups excluding tert-OH is 1. The molecule has 3 aliphatic heterocycles. The minimum absolute atomic E-state index is 0.154. The number of aliphatic hydroxyl groups is 1. The second kappa shape index (κ2) is 9.49. The number of fused-ring (bicyclic) bond motifs is 1. The van der Waals surface area contributed by atoms with Crippen LogP contribution in [0.1, 0.15) is 31.4 Å². The highest BCUT2D eigenvalue weighted by Crippen LogP contribution is 2.72. The lowest BCUT2D eigenvalue weighted by Gasteiger charge is -2.39. The Hall–Kier alpha value is -2.81. The van der Waals surface area contributed by atoms with Crippen molar-refractivity contribution in [1.82, 2.24) is 4.90 Å². The zero-order valence-corrected chi connectivity index (χ0v) is 22.0. The Morgan fingerprint density at radius 1 is 1.22 bits per heavy atom. The molecule has 2 aromatic carbocycles. The largest absolute Gasteiger partial charge is 0.481 e. The number of likely N-dealkylation sites (tertiary alicyclic amines) is 1. The van der Waals surface area contributed by atoms with Gasteiger partial charge in [-0.25, -0.2) is 0 Å². The highest BCUT2D eigenvalue weighted by Gasteiger charge is 2.78. The smallest absolute Gasteiger partial charge is 0.308 e. The summed E-state index contributed by atoms with van der Waals surface area (Å²) in [5.74, 6) is -3.60. The van der Waals surface area contributed by atoms with Crippen LogP contribution in [0.3, 0.4) is 0 Å². The van der Waals surface area contributed by atoms with Crippen molar-refractivity contribution >= 4 is 46.8 Å². The van der Waals surface area contributed by atoms with Crippen molar-refractivity contribution < 1.29 is 24.6 Å². The minimum atomic E-state index is -1.03. The van der Waals surface area contributed by atoms with Crippen molar-refractivity contribution in [3.8, 4) is 0 Å². The number of halogens is 1. The first-order chi connectivity index (χ1) is 17.7. The molecule has 0 aromatic heterocycles. The number of carbonyl (C=O) groups is 3. The molecule has 37 heavy (non-hydrogen) atoms. The molecule has 2 unspecified atom stereocenters. The number of benzene rings is 2. The van der Waals surface area contributed by atoms with Gasteiger partial charge < -0.3 is 20.0 Å². The molecule has 2 bridgehead atoms. The number of anilines is 1. The molecule has 3 fully saturated rings. The monoisotopic (exact) mass is 540 g/mol. The fourth-order valence-electron chi connectivity index (χ4n) is 6.64. The van der Waals surface area contributed by atoms with Crippen LogP contribution in [0.5, 0.6) is 0 Å². The second-order valence-corrected chi connectivity index (χ2v) is 12.4.